The Balaban J connectivity index is 1.79. The molecule has 2 atom stereocenters. The molecule has 0 aliphatic carbocycles. The molecule has 0 aromatic heterocycles. The molecule has 1 heterocycles. The number of rotatable bonds is 5. The molecule has 1 aromatic rings. The number of nitriles is 1. The van der Waals surface area contributed by atoms with E-state index in [1.807, 2.05) is 18.2 Å². The Morgan fingerprint density at radius 1 is 1.56 bits per heavy atom. The van der Waals surface area contributed by atoms with Crippen molar-refractivity contribution in [3.63, 3.8) is 0 Å². The summed E-state index contributed by atoms with van der Waals surface area (Å²) in [4.78, 5) is 0. The third-order valence-corrected chi connectivity index (χ3v) is 3.46. The predicted molar refractivity (Wildman–Crippen MR) is 71.2 cm³/mol. The van der Waals surface area contributed by atoms with Gasteiger partial charge in [0.25, 0.3) is 0 Å². The summed E-state index contributed by atoms with van der Waals surface area (Å²) in [6.45, 7) is 4.01. The van der Waals surface area contributed by atoms with Gasteiger partial charge >= 0.3 is 0 Å². The van der Waals surface area contributed by atoms with Crippen LogP contribution in [0.3, 0.4) is 0 Å². The number of hydrogen-bond donors (Lipinski definition) is 1. The molecule has 3 heteroatoms. The second kappa shape index (κ2) is 6.53. The molecule has 2 unspecified atom stereocenters. The second-order valence-corrected chi connectivity index (χ2v) is 4.84. The quantitative estimate of drug-likeness (QED) is 0.866. The van der Waals surface area contributed by atoms with Crippen LogP contribution in [0.1, 0.15) is 43.4 Å². The zero-order valence-corrected chi connectivity index (χ0v) is 10.9. The number of ether oxygens (including phenoxy) is 1. The first kappa shape index (κ1) is 13.1. The molecule has 1 N–H and O–H groups in total. The summed E-state index contributed by atoms with van der Waals surface area (Å²) in [6.07, 6.45) is 3.90. The lowest BCUT2D eigenvalue weighted by Crippen LogP contribution is -2.23. The first-order valence-electron chi connectivity index (χ1n) is 6.64. The van der Waals surface area contributed by atoms with Crippen LogP contribution in [0.15, 0.2) is 24.3 Å². The van der Waals surface area contributed by atoms with Crippen molar-refractivity contribution in [2.75, 3.05) is 13.2 Å². The van der Waals surface area contributed by atoms with Crippen LogP contribution in [-0.4, -0.2) is 19.3 Å². The lowest BCUT2D eigenvalue weighted by molar-refractivity contribution is 0.103. The molecule has 0 radical (unpaired) electrons. The van der Waals surface area contributed by atoms with E-state index < -0.39 is 0 Å². The summed E-state index contributed by atoms with van der Waals surface area (Å²) < 4.78 is 5.59. The lowest BCUT2D eigenvalue weighted by atomic mass is 10.1. The first-order valence-corrected chi connectivity index (χ1v) is 6.64. The molecule has 3 nitrogen and oxygen atoms in total. The van der Waals surface area contributed by atoms with Gasteiger partial charge in [-0.1, -0.05) is 12.1 Å². The number of hydrogen-bond acceptors (Lipinski definition) is 3. The van der Waals surface area contributed by atoms with Gasteiger partial charge in [0.1, 0.15) is 0 Å². The molecule has 0 saturated carbocycles. The van der Waals surface area contributed by atoms with E-state index in [4.69, 9.17) is 10.00 Å². The zero-order valence-electron chi connectivity index (χ0n) is 10.9. The van der Waals surface area contributed by atoms with Crippen molar-refractivity contribution in [2.24, 2.45) is 0 Å². The molecule has 1 aliphatic heterocycles. The standard InChI is InChI=1S/C15H20N2O/c1-12(14-5-2-4-13(10-14)11-16)17-8-7-15-6-3-9-18-15/h2,4-5,10,12,15,17H,3,6-9H2,1H3. The molecule has 0 spiro atoms. The van der Waals surface area contributed by atoms with Crippen LogP contribution in [-0.2, 0) is 4.74 Å². The topological polar surface area (TPSA) is 45.0 Å². The molecule has 18 heavy (non-hydrogen) atoms. The SMILES string of the molecule is CC(NCCC1CCCO1)c1cccc(C#N)c1. The highest BCUT2D eigenvalue weighted by Crippen LogP contribution is 2.16. The van der Waals surface area contributed by atoms with Crippen LogP contribution in [0.5, 0.6) is 0 Å². The smallest absolute Gasteiger partial charge is 0.0991 e. The van der Waals surface area contributed by atoms with Crippen LogP contribution in [0.2, 0.25) is 0 Å². The number of nitrogens with one attached hydrogen (secondary N) is 1. The molecule has 1 aliphatic rings. The van der Waals surface area contributed by atoms with Gasteiger partial charge in [0.05, 0.1) is 17.7 Å². The minimum atomic E-state index is 0.278. The maximum atomic E-state index is 8.88. The lowest BCUT2D eigenvalue weighted by Gasteiger charge is -2.16. The van der Waals surface area contributed by atoms with E-state index in [9.17, 15) is 0 Å². The van der Waals surface area contributed by atoms with E-state index >= 15 is 0 Å². The largest absolute Gasteiger partial charge is 0.378 e. The van der Waals surface area contributed by atoms with E-state index in [-0.39, 0.29) is 6.04 Å². The van der Waals surface area contributed by atoms with Gasteiger partial charge in [-0.25, -0.2) is 0 Å². The number of nitrogens with zero attached hydrogens (tertiary/aromatic N) is 1. The Bertz CT molecular complexity index is 419. The second-order valence-electron chi connectivity index (χ2n) is 4.84. The Hall–Kier alpha value is -1.37. The van der Waals surface area contributed by atoms with Crippen LogP contribution in [0.4, 0.5) is 0 Å². The predicted octanol–water partition coefficient (Wildman–Crippen LogP) is 2.78. The number of benzene rings is 1. The van der Waals surface area contributed by atoms with E-state index in [2.05, 4.69) is 24.4 Å². The monoisotopic (exact) mass is 244 g/mol. The Kier molecular flexibility index (Phi) is 4.74. The van der Waals surface area contributed by atoms with Gasteiger partial charge in [0.15, 0.2) is 0 Å². The van der Waals surface area contributed by atoms with E-state index in [0.29, 0.717) is 6.10 Å². The molecule has 2 rings (SSSR count). The molecule has 1 saturated heterocycles. The molecule has 1 fully saturated rings. The average molecular weight is 244 g/mol. The summed E-state index contributed by atoms with van der Waals surface area (Å²) in [5.41, 5.74) is 1.89. The summed E-state index contributed by atoms with van der Waals surface area (Å²) in [6, 6.07) is 10.2. The van der Waals surface area contributed by atoms with E-state index in [1.54, 1.807) is 0 Å². The Labute approximate surface area is 109 Å². The van der Waals surface area contributed by atoms with Gasteiger partial charge in [0.2, 0.25) is 0 Å². The fraction of sp³-hybridized carbons (Fsp3) is 0.533. The zero-order chi connectivity index (χ0) is 12.8. The van der Waals surface area contributed by atoms with Crippen molar-refractivity contribution in [2.45, 2.75) is 38.3 Å². The van der Waals surface area contributed by atoms with Gasteiger partial charge in [-0.3, -0.25) is 0 Å². The molecular weight excluding hydrogens is 224 g/mol. The van der Waals surface area contributed by atoms with Crippen molar-refractivity contribution in [1.82, 2.24) is 5.32 Å². The van der Waals surface area contributed by atoms with Crippen molar-refractivity contribution in [3.8, 4) is 6.07 Å². The molecular formula is C15H20N2O. The van der Waals surface area contributed by atoms with Crippen molar-refractivity contribution in [1.29, 1.82) is 5.26 Å². The van der Waals surface area contributed by atoms with Crippen LogP contribution in [0, 0.1) is 11.3 Å². The molecule has 0 bridgehead atoms. The normalized spacial score (nSPS) is 20.6. The Morgan fingerprint density at radius 3 is 3.17 bits per heavy atom. The highest BCUT2D eigenvalue weighted by molar-refractivity contribution is 5.33. The minimum Gasteiger partial charge on any atom is -0.378 e. The van der Waals surface area contributed by atoms with Gasteiger partial charge in [0, 0.05) is 12.6 Å². The highest BCUT2D eigenvalue weighted by atomic mass is 16.5. The summed E-state index contributed by atoms with van der Waals surface area (Å²) in [5.74, 6) is 0. The highest BCUT2D eigenvalue weighted by Gasteiger charge is 2.15. The third-order valence-electron chi connectivity index (χ3n) is 3.46. The van der Waals surface area contributed by atoms with E-state index in [1.165, 1.54) is 18.4 Å². The van der Waals surface area contributed by atoms with Crippen molar-refractivity contribution >= 4 is 0 Å². The molecule has 1 aromatic carbocycles. The fourth-order valence-electron chi connectivity index (χ4n) is 2.33. The van der Waals surface area contributed by atoms with Gasteiger partial charge < -0.3 is 10.1 Å². The maximum absolute atomic E-state index is 8.88. The van der Waals surface area contributed by atoms with E-state index in [0.717, 1.165) is 25.1 Å². The van der Waals surface area contributed by atoms with Crippen molar-refractivity contribution < 1.29 is 4.74 Å². The first-order chi connectivity index (χ1) is 8.79. The Morgan fingerprint density at radius 2 is 2.44 bits per heavy atom. The van der Waals surface area contributed by atoms with Crippen LogP contribution in [0.25, 0.3) is 0 Å². The summed E-state index contributed by atoms with van der Waals surface area (Å²) in [7, 11) is 0. The maximum Gasteiger partial charge on any atom is 0.0991 e. The van der Waals surface area contributed by atoms with Gasteiger partial charge in [-0.15, -0.1) is 0 Å². The average Bonchev–Trinajstić information content (AvgIpc) is 2.92. The van der Waals surface area contributed by atoms with Gasteiger partial charge in [-0.05, 0) is 50.4 Å². The van der Waals surface area contributed by atoms with Crippen molar-refractivity contribution in [3.05, 3.63) is 35.4 Å². The summed E-state index contributed by atoms with van der Waals surface area (Å²) >= 11 is 0. The molecule has 96 valence electrons. The van der Waals surface area contributed by atoms with Gasteiger partial charge in [-0.2, -0.15) is 5.26 Å². The third kappa shape index (κ3) is 3.56. The fourth-order valence-corrected chi connectivity index (χ4v) is 2.33. The molecule has 0 amide bonds. The minimum absolute atomic E-state index is 0.278. The van der Waals surface area contributed by atoms with Crippen LogP contribution >= 0.6 is 0 Å². The summed E-state index contributed by atoms with van der Waals surface area (Å²) in [5, 5.41) is 12.4. The van der Waals surface area contributed by atoms with Crippen LogP contribution < -0.4 is 5.32 Å².